The van der Waals surface area contributed by atoms with Gasteiger partial charge in [0.2, 0.25) is 10.0 Å². The van der Waals surface area contributed by atoms with E-state index in [4.69, 9.17) is 4.74 Å². The van der Waals surface area contributed by atoms with Crippen LogP contribution in [0.25, 0.3) is 0 Å². The SMILES string of the molecule is COc1ccc(/C=N\NC(=O)CN(CCc2ccccc2)S(=O)(=O)c2ccc(Br)cc2)cc1[N+](=O)[O-]. The number of ether oxygens (including phenoxy) is 1. The predicted octanol–water partition coefficient (Wildman–Crippen LogP) is 3.75. The first-order chi connectivity index (χ1) is 17.2. The normalized spacial score (nSPS) is 11.5. The summed E-state index contributed by atoms with van der Waals surface area (Å²) in [7, 11) is -2.65. The van der Waals surface area contributed by atoms with Crippen molar-refractivity contribution in [3.05, 3.63) is 98.5 Å². The number of hydrazone groups is 1. The van der Waals surface area contributed by atoms with E-state index in [1.165, 1.54) is 43.7 Å². The molecule has 0 aliphatic rings. The zero-order chi connectivity index (χ0) is 26.1. The number of carbonyl (C=O) groups is 1. The maximum Gasteiger partial charge on any atom is 0.311 e. The molecule has 3 aromatic carbocycles. The summed E-state index contributed by atoms with van der Waals surface area (Å²) in [5, 5.41) is 15.0. The lowest BCUT2D eigenvalue weighted by Crippen LogP contribution is -2.40. The van der Waals surface area contributed by atoms with Crippen molar-refractivity contribution in [2.45, 2.75) is 11.3 Å². The van der Waals surface area contributed by atoms with Gasteiger partial charge >= 0.3 is 5.69 Å². The van der Waals surface area contributed by atoms with Gasteiger partial charge in [0, 0.05) is 22.6 Å². The first kappa shape index (κ1) is 27.0. The van der Waals surface area contributed by atoms with Crippen LogP contribution in [-0.4, -0.2) is 50.0 Å². The highest BCUT2D eigenvalue weighted by Crippen LogP contribution is 2.26. The minimum atomic E-state index is -3.97. The molecule has 1 N–H and O–H groups in total. The molecule has 0 radical (unpaired) electrons. The molecule has 0 saturated heterocycles. The van der Waals surface area contributed by atoms with Gasteiger partial charge in [-0.2, -0.15) is 9.41 Å². The van der Waals surface area contributed by atoms with Crippen LogP contribution in [0.4, 0.5) is 5.69 Å². The number of rotatable bonds is 11. The Bertz CT molecular complexity index is 1350. The van der Waals surface area contributed by atoms with E-state index < -0.39 is 27.4 Å². The van der Waals surface area contributed by atoms with E-state index in [9.17, 15) is 23.3 Å². The summed E-state index contributed by atoms with van der Waals surface area (Å²) >= 11 is 3.29. The fourth-order valence-electron chi connectivity index (χ4n) is 3.24. The van der Waals surface area contributed by atoms with Gasteiger partial charge in [0.15, 0.2) is 5.75 Å². The van der Waals surface area contributed by atoms with Crippen molar-refractivity contribution in [3.63, 3.8) is 0 Å². The molecule has 0 aliphatic heterocycles. The predicted molar refractivity (Wildman–Crippen MR) is 138 cm³/mol. The van der Waals surface area contributed by atoms with Crippen LogP contribution < -0.4 is 10.2 Å². The molecule has 36 heavy (non-hydrogen) atoms. The van der Waals surface area contributed by atoms with E-state index >= 15 is 0 Å². The Morgan fingerprint density at radius 3 is 2.47 bits per heavy atom. The molecule has 0 heterocycles. The van der Waals surface area contributed by atoms with Crippen LogP contribution >= 0.6 is 15.9 Å². The van der Waals surface area contributed by atoms with Crippen LogP contribution in [0.15, 0.2) is 87.3 Å². The highest BCUT2D eigenvalue weighted by atomic mass is 79.9. The number of amides is 1. The van der Waals surface area contributed by atoms with Gasteiger partial charge in [-0.05, 0) is 48.4 Å². The second-order valence-corrected chi connectivity index (χ2v) is 10.4. The minimum Gasteiger partial charge on any atom is -0.490 e. The molecular formula is C24H23BrN4O6S. The Morgan fingerprint density at radius 1 is 1.14 bits per heavy atom. The number of nitro groups is 1. The Morgan fingerprint density at radius 2 is 1.83 bits per heavy atom. The van der Waals surface area contributed by atoms with Crippen LogP contribution in [0.1, 0.15) is 11.1 Å². The number of methoxy groups -OCH3 is 1. The third kappa shape index (κ3) is 7.20. The Kier molecular flexibility index (Phi) is 9.28. The smallest absolute Gasteiger partial charge is 0.311 e. The van der Waals surface area contributed by atoms with Crippen molar-refractivity contribution >= 4 is 43.8 Å². The molecule has 0 atom stereocenters. The number of benzene rings is 3. The van der Waals surface area contributed by atoms with Crippen LogP contribution in [-0.2, 0) is 21.2 Å². The van der Waals surface area contributed by atoms with Crippen LogP contribution in [0.2, 0.25) is 0 Å². The van der Waals surface area contributed by atoms with Crippen molar-refractivity contribution in [2.24, 2.45) is 5.10 Å². The van der Waals surface area contributed by atoms with Gasteiger partial charge in [-0.25, -0.2) is 13.8 Å². The number of nitrogens with zero attached hydrogens (tertiary/aromatic N) is 3. The van der Waals surface area contributed by atoms with E-state index in [2.05, 4.69) is 26.5 Å². The molecule has 3 aromatic rings. The summed E-state index contributed by atoms with van der Waals surface area (Å²) in [6, 6.07) is 19.7. The third-order valence-electron chi connectivity index (χ3n) is 5.07. The largest absolute Gasteiger partial charge is 0.490 e. The van der Waals surface area contributed by atoms with Gasteiger partial charge in [0.25, 0.3) is 5.91 Å². The summed E-state index contributed by atoms with van der Waals surface area (Å²) in [6.07, 6.45) is 1.63. The van der Waals surface area contributed by atoms with Gasteiger partial charge in [-0.1, -0.05) is 46.3 Å². The Balaban J connectivity index is 1.74. The van der Waals surface area contributed by atoms with E-state index in [0.29, 0.717) is 12.0 Å². The summed E-state index contributed by atoms with van der Waals surface area (Å²) in [5.74, 6) is -0.573. The number of nitro benzene ring substituents is 1. The summed E-state index contributed by atoms with van der Waals surface area (Å²) in [4.78, 5) is 23.2. The van der Waals surface area contributed by atoms with E-state index in [1.54, 1.807) is 12.1 Å². The van der Waals surface area contributed by atoms with E-state index in [-0.39, 0.29) is 22.9 Å². The number of carbonyl (C=O) groups excluding carboxylic acids is 1. The molecule has 3 rings (SSSR count). The van der Waals surface area contributed by atoms with Gasteiger partial charge in [-0.3, -0.25) is 14.9 Å². The minimum absolute atomic E-state index is 0.0561. The molecule has 12 heteroatoms. The number of nitrogens with one attached hydrogen (secondary N) is 1. The maximum absolute atomic E-state index is 13.3. The molecule has 0 fully saturated rings. The maximum atomic E-state index is 13.3. The third-order valence-corrected chi connectivity index (χ3v) is 7.45. The van der Waals surface area contributed by atoms with Crippen molar-refractivity contribution < 1.29 is 22.9 Å². The van der Waals surface area contributed by atoms with Crippen molar-refractivity contribution in [1.29, 1.82) is 0 Å². The Labute approximate surface area is 216 Å². The standard InChI is InChI=1S/C24H23BrN4O6S/c1-35-23-12-7-19(15-22(23)29(31)32)16-26-27-24(30)17-28(14-13-18-5-3-2-4-6-18)36(33,34)21-10-8-20(25)9-11-21/h2-12,15-16H,13-14,17H2,1H3,(H,27,30)/b26-16-. The molecule has 0 saturated carbocycles. The molecule has 0 aliphatic carbocycles. The molecule has 0 spiro atoms. The molecule has 1 amide bonds. The summed E-state index contributed by atoms with van der Waals surface area (Å²) < 4.78 is 33.3. The van der Waals surface area contributed by atoms with Gasteiger partial charge < -0.3 is 4.74 Å². The van der Waals surface area contributed by atoms with Crippen LogP contribution in [0.5, 0.6) is 5.75 Å². The highest BCUT2D eigenvalue weighted by Gasteiger charge is 2.26. The number of sulfonamides is 1. The van der Waals surface area contributed by atoms with E-state index in [1.807, 2.05) is 30.3 Å². The Hall–Kier alpha value is -3.61. The average Bonchev–Trinajstić information content (AvgIpc) is 2.87. The average molecular weight is 575 g/mol. The lowest BCUT2D eigenvalue weighted by Gasteiger charge is -2.21. The van der Waals surface area contributed by atoms with Crippen molar-refractivity contribution in [3.8, 4) is 5.75 Å². The zero-order valence-corrected chi connectivity index (χ0v) is 21.6. The lowest BCUT2D eigenvalue weighted by molar-refractivity contribution is -0.385. The molecule has 10 nitrogen and oxygen atoms in total. The number of halogens is 1. The second-order valence-electron chi connectivity index (χ2n) is 7.51. The lowest BCUT2D eigenvalue weighted by atomic mass is 10.1. The monoisotopic (exact) mass is 574 g/mol. The van der Waals surface area contributed by atoms with Gasteiger partial charge in [0.05, 0.1) is 29.7 Å². The topological polar surface area (TPSA) is 131 Å². The molecule has 0 bridgehead atoms. The van der Waals surface area contributed by atoms with Crippen molar-refractivity contribution in [2.75, 3.05) is 20.2 Å². The first-order valence-electron chi connectivity index (χ1n) is 10.6. The van der Waals surface area contributed by atoms with Crippen LogP contribution in [0, 0.1) is 10.1 Å². The fourth-order valence-corrected chi connectivity index (χ4v) is 4.90. The molecule has 0 unspecified atom stereocenters. The quantitative estimate of drug-likeness (QED) is 0.211. The van der Waals surface area contributed by atoms with Crippen molar-refractivity contribution in [1.82, 2.24) is 9.73 Å². The summed E-state index contributed by atoms with van der Waals surface area (Å²) in [5.41, 5.74) is 3.31. The van der Waals surface area contributed by atoms with Gasteiger partial charge in [0.1, 0.15) is 0 Å². The zero-order valence-electron chi connectivity index (χ0n) is 19.2. The fraction of sp³-hybridized carbons (Fsp3) is 0.167. The molecular weight excluding hydrogens is 552 g/mol. The van der Waals surface area contributed by atoms with Crippen LogP contribution in [0.3, 0.4) is 0 Å². The first-order valence-corrected chi connectivity index (χ1v) is 12.9. The molecule has 0 aromatic heterocycles. The highest BCUT2D eigenvalue weighted by molar-refractivity contribution is 9.10. The summed E-state index contributed by atoms with van der Waals surface area (Å²) in [6.45, 7) is -0.393. The number of hydrogen-bond donors (Lipinski definition) is 1. The number of hydrogen-bond acceptors (Lipinski definition) is 7. The van der Waals surface area contributed by atoms with E-state index in [0.717, 1.165) is 14.3 Å². The van der Waals surface area contributed by atoms with Gasteiger partial charge in [-0.15, -0.1) is 0 Å². The molecule has 188 valence electrons. The second kappa shape index (κ2) is 12.4.